The number of thiophene rings is 1. The molecule has 158 valence electrons. The van der Waals surface area contributed by atoms with Crippen molar-refractivity contribution in [2.45, 2.75) is 58.0 Å². The lowest BCUT2D eigenvalue weighted by atomic mass is 10.1. The molecule has 2 atom stereocenters. The van der Waals surface area contributed by atoms with E-state index in [9.17, 15) is 0 Å². The lowest BCUT2D eigenvalue weighted by molar-refractivity contribution is 0.177. The molecule has 2 aromatic heterocycles. The Bertz CT molecular complexity index is 846. The van der Waals surface area contributed by atoms with Gasteiger partial charge in [-0.2, -0.15) is 5.10 Å². The first-order chi connectivity index (χ1) is 14.2. The maximum absolute atomic E-state index is 5.15. The molecule has 2 aliphatic heterocycles. The Morgan fingerprint density at radius 3 is 3.17 bits per heavy atom. The Morgan fingerprint density at radius 2 is 2.34 bits per heavy atom. The van der Waals surface area contributed by atoms with Gasteiger partial charge in [0.25, 0.3) is 0 Å². The number of aromatic nitrogens is 3. The van der Waals surface area contributed by atoms with Crippen molar-refractivity contribution in [2.24, 2.45) is 4.99 Å². The third-order valence-electron chi connectivity index (χ3n) is 5.77. The van der Waals surface area contributed by atoms with Gasteiger partial charge in [0, 0.05) is 57.2 Å². The minimum Gasteiger partial charge on any atom is -0.377 e. The molecule has 0 bridgehead atoms. The monoisotopic (exact) mass is 417 g/mol. The smallest absolute Gasteiger partial charge is 0.191 e. The average Bonchev–Trinajstić information content (AvgIpc) is 3.36. The molecule has 0 radical (unpaired) electrons. The predicted molar refractivity (Wildman–Crippen MR) is 115 cm³/mol. The van der Waals surface area contributed by atoms with E-state index in [2.05, 4.69) is 49.0 Å². The quantitative estimate of drug-likeness (QED) is 0.547. The molecule has 29 heavy (non-hydrogen) atoms. The van der Waals surface area contributed by atoms with Gasteiger partial charge in [0.05, 0.1) is 6.54 Å². The van der Waals surface area contributed by atoms with Gasteiger partial charge >= 0.3 is 0 Å². The molecule has 0 saturated carbocycles. The molecule has 0 amide bonds. The Balaban J connectivity index is 1.26. The lowest BCUT2D eigenvalue weighted by Gasteiger charge is -2.33. The van der Waals surface area contributed by atoms with Gasteiger partial charge in [-0.05, 0) is 36.8 Å². The van der Waals surface area contributed by atoms with Gasteiger partial charge in [0.2, 0.25) is 0 Å². The van der Waals surface area contributed by atoms with Crippen molar-refractivity contribution in [2.75, 3.05) is 27.2 Å². The normalized spacial score (nSPS) is 20.8. The Labute approximate surface area is 176 Å². The third kappa shape index (κ3) is 4.79. The Hall–Kier alpha value is -1.97. The molecule has 9 heteroatoms. The summed E-state index contributed by atoms with van der Waals surface area (Å²) in [6, 6.07) is 3.02. The predicted octanol–water partition coefficient (Wildman–Crippen LogP) is 1.41. The first-order valence-electron chi connectivity index (χ1n) is 10.3. The molecule has 2 unspecified atom stereocenters. The SMILES string of the molecule is CN=C(NCC(C)N1CCc2sccc2C1)NC1CCc2nc(COC)nn2C1. The summed E-state index contributed by atoms with van der Waals surface area (Å²) in [6.07, 6.45) is 3.10. The largest absolute Gasteiger partial charge is 0.377 e. The maximum Gasteiger partial charge on any atom is 0.191 e. The topological polar surface area (TPSA) is 79.6 Å². The Kier molecular flexibility index (Phi) is 6.46. The molecule has 2 aromatic rings. The zero-order valence-electron chi connectivity index (χ0n) is 17.5. The molecule has 2 aliphatic rings. The van der Waals surface area contributed by atoms with Crippen LogP contribution in [0.5, 0.6) is 0 Å². The number of fused-ring (bicyclic) bond motifs is 2. The van der Waals surface area contributed by atoms with Crippen molar-refractivity contribution < 1.29 is 4.74 Å². The molecule has 8 nitrogen and oxygen atoms in total. The van der Waals surface area contributed by atoms with E-state index in [-0.39, 0.29) is 0 Å². The number of hydrogen-bond donors (Lipinski definition) is 2. The number of methoxy groups -OCH3 is 1. The van der Waals surface area contributed by atoms with Crippen molar-refractivity contribution in [1.82, 2.24) is 30.3 Å². The second kappa shape index (κ2) is 9.23. The Morgan fingerprint density at radius 1 is 1.45 bits per heavy atom. The van der Waals surface area contributed by atoms with Crippen LogP contribution >= 0.6 is 11.3 Å². The van der Waals surface area contributed by atoms with E-state index in [4.69, 9.17) is 4.74 Å². The number of rotatable bonds is 6. The van der Waals surface area contributed by atoms with Gasteiger partial charge in [0.15, 0.2) is 11.8 Å². The summed E-state index contributed by atoms with van der Waals surface area (Å²) in [5, 5.41) is 13.8. The maximum atomic E-state index is 5.15. The van der Waals surface area contributed by atoms with Crippen LogP contribution in [0.25, 0.3) is 0 Å². The highest BCUT2D eigenvalue weighted by Crippen LogP contribution is 2.25. The summed E-state index contributed by atoms with van der Waals surface area (Å²) in [7, 11) is 3.50. The highest BCUT2D eigenvalue weighted by atomic mass is 32.1. The minimum atomic E-state index is 0.296. The van der Waals surface area contributed by atoms with E-state index in [1.807, 2.05) is 23.1 Å². The van der Waals surface area contributed by atoms with E-state index in [1.165, 1.54) is 5.56 Å². The fraction of sp³-hybridized carbons (Fsp3) is 0.650. The molecule has 0 spiro atoms. The van der Waals surface area contributed by atoms with Crippen LogP contribution in [0.1, 0.15) is 35.4 Å². The van der Waals surface area contributed by atoms with Crippen LogP contribution in [0.4, 0.5) is 0 Å². The summed E-state index contributed by atoms with van der Waals surface area (Å²) in [5.41, 5.74) is 1.49. The zero-order valence-corrected chi connectivity index (χ0v) is 18.3. The molecule has 0 saturated heterocycles. The highest BCUT2D eigenvalue weighted by molar-refractivity contribution is 7.10. The van der Waals surface area contributed by atoms with Crippen molar-refractivity contribution >= 4 is 17.3 Å². The number of aryl methyl sites for hydroxylation is 1. The van der Waals surface area contributed by atoms with E-state index in [0.29, 0.717) is 18.7 Å². The van der Waals surface area contributed by atoms with Crippen LogP contribution in [-0.4, -0.2) is 65.0 Å². The zero-order chi connectivity index (χ0) is 20.2. The molecule has 4 rings (SSSR count). The number of nitrogens with one attached hydrogen (secondary N) is 2. The van der Waals surface area contributed by atoms with Crippen LogP contribution in [0, 0.1) is 0 Å². The van der Waals surface area contributed by atoms with E-state index < -0.39 is 0 Å². The van der Waals surface area contributed by atoms with E-state index in [1.54, 1.807) is 12.0 Å². The molecular formula is C20H31N7OS. The van der Waals surface area contributed by atoms with Crippen molar-refractivity contribution in [3.8, 4) is 0 Å². The molecule has 0 aliphatic carbocycles. The van der Waals surface area contributed by atoms with Crippen LogP contribution in [-0.2, 0) is 37.3 Å². The number of guanidine groups is 1. The first kappa shape index (κ1) is 20.3. The van der Waals surface area contributed by atoms with Crippen LogP contribution < -0.4 is 10.6 Å². The van der Waals surface area contributed by atoms with Crippen molar-refractivity contribution in [1.29, 1.82) is 0 Å². The fourth-order valence-electron chi connectivity index (χ4n) is 4.08. The molecular weight excluding hydrogens is 386 g/mol. The number of ether oxygens (including phenoxy) is 1. The number of aliphatic imine (C=N–C) groups is 1. The molecule has 0 fully saturated rings. The van der Waals surface area contributed by atoms with Gasteiger partial charge < -0.3 is 15.4 Å². The van der Waals surface area contributed by atoms with Gasteiger partial charge in [-0.15, -0.1) is 11.3 Å². The second-order valence-electron chi connectivity index (χ2n) is 7.83. The summed E-state index contributed by atoms with van der Waals surface area (Å²) in [5.74, 6) is 2.66. The minimum absolute atomic E-state index is 0.296. The summed E-state index contributed by atoms with van der Waals surface area (Å²) >= 11 is 1.89. The van der Waals surface area contributed by atoms with E-state index >= 15 is 0 Å². The van der Waals surface area contributed by atoms with Gasteiger partial charge in [-0.3, -0.25) is 9.89 Å². The summed E-state index contributed by atoms with van der Waals surface area (Å²) in [6.45, 7) is 6.60. The number of hydrogen-bond acceptors (Lipinski definition) is 6. The van der Waals surface area contributed by atoms with Gasteiger partial charge in [-0.25, -0.2) is 9.67 Å². The summed E-state index contributed by atoms with van der Waals surface area (Å²) < 4.78 is 7.14. The summed E-state index contributed by atoms with van der Waals surface area (Å²) in [4.78, 5) is 13.1. The second-order valence-corrected chi connectivity index (χ2v) is 8.83. The van der Waals surface area contributed by atoms with Crippen molar-refractivity contribution in [3.63, 3.8) is 0 Å². The van der Waals surface area contributed by atoms with E-state index in [0.717, 1.165) is 63.0 Å². The standard InChI is InChI=1S/C20H31N7OS/c1-14(26-8-6-17-15(11-26)7-9-29-17)10-22-20(21-2)23-16-4-5-19-24-18(13-28-3)25-27(19)12-16/h7,9,14,16H,4-6,8,10-13H2,1-3H3,(H2,21,22,23). The molecule has 0 aromatic carbocycles. The van der Waals surface area contributed by atoms with Crippen LogP contribution in [0.15, 0.2) is 16.4 Å². The lowest BCUT2D eigenvalue weighted by Crippen LogP contribution is -2.50. The fourth-order valence-corrected chi connectivity index (χ4v) is 4.97. The molecule has 2 N–H and O–H groups in total. The molecule has 4 heterocycles. The highest BCUT2D eigenvalue weighted by Gasteiger charge is 2.24. The first-order valence-corrected chi connectivity index (χ1v) is 11.2. The van der Waals surface area contributed by atoms with Crippen LogP contribution in [0.2, 0.25) is 0 Å². The van der Waals surface area contributed by atoms with Crippen molar-refractivity contribution in [3.05, 3.63) is 33.5 Å². The average molecular weight is 418 g/mol. The van der Waals surface area contributed by atoms with Crippen LogP contribution in [0.3, 0.4) is 0 Å². The third-order valence-corrected chi connectivity index (χ3v) is 6.79. The van der Waals surface area contributed by atoms with Gasteiger partial charge in [-0.1, -0.05) is 0 Å². The van der Waals surface area contributed by atoms with Gasteiger partial charge in [0.1, 0.15) is 12.4 Å². The number of nitrogens with zero attached hydrogens (tertiary/aromatic N) is 5.